The standard InChI is InChI=1S/C21H24N2O2/c1-25-20-9-7-17(8-10-20)11-14-22-21(24)23-15-12-19(13-16-23)18-5-3-2-4-6-18/h2-10,12H,11,13-16H2,1H3,(H,22,24). The number of benzene rings is 2. The Morgan fingerprint density at radius 2 is 1.88 bits per heavy atom. The van der Waals surface area contributed by atoms with E-state index in [4.69, 9.17) is 4.74 Å². The van der Waals surface area contributed by atoms with Gasteiger partial charge in [-0.2, -0.15) is 0 Å². The van der Waals surface area contributed by atoms with Gasteiger partial charge in [0, 0.05) is 19.6 Å². The normalized spacial score (nSPS) is 14.0. The van der Waals surface area contributed by atoms with E-state index in [9.17, 15) is 4.79 Å². The molecular formula is C21H24N2O2. The number of carbonyl (C=O) groups excluding carboxylic acids is 1. The number of carbonyl (C=O) groups is 1. The topological polar surface area (TPSA) is 41.6 Å². The second kappa shape index (κ2) is 8.38. The van der Waals surface area contributed by atoms with Crippen LogP contribution in [-0.4, -0.2) is 37.7 Å². The number of amides is 2. The predicted octanol–water partition coefficient (Wildman–Crippen LogP) is 3.74. The molecule has 4 nitrogen and oxygen atoms in total. The second-order valence-electron chi connectivity index (χ2n) is 6.12. The van der Waals surface area contributed by atoms with Gasteiger partial charge in [0.2, 0.25) is 0 Å². The van der Waals surface area contributed by atoms with Gasteiger partial charge in [-0.1, -0.05) is 48.5 Å². The van der Waals surface area contributed by atoms with Gasteiger partial charge in [0.1, 0.15) is 5.75 Å². The van der Waals surface area contributed by atoms with Crippen molar-refractivity contribution >= 4 is 11.6 Å². The Labute approximate surface area is 149 Å². The highest BCUT2D eigenvalue weighted by Gasteiger charge is 2.17. The average Bonchev–Trinajstić information content (AvgIpc) is 2.69. The summed E-state index contributed by atoms with van der Waals surface area (Å²) in [7, 11) is 1.66. The molecule has 1 aliphatic heterocycles. The van der Waals surface area contributed by atoms with Crippen LogP contribution in [0.3, 0.4) is 0 Å². The van der Waals surface area contributed by atoms with E-state index in [1.54, 1.807) is 7.11 Å². The highest BCUT2D eigenvalue weighted by atomic mass is 16.5. The molecule has 3 rings (SSSR count). The number of hydrogen-bond acceptors (Lipinski definition) is 2. The molecule has 2 amide bonds. The van der Waals surface area contributed by atoms with Crippen molar-refractivity contribution in [2.24, 2.45) is 0 Å². The Kier molecular flexibility index (Phi) is 5.73. The van der Waals surface area contributed by atoms with Crippen molar-refractivity contribution in [2.45, 2.75) is 12.8 Å². The maximum Gasteiger partial charge on any atom is 0.317 e. The summed E-state index contributed by atoms with van der Waals surface area (Å²) in [6.07, 6.45) is 3.87. The summed E-state index contributed by atoms with van der Waals surface area (Å²) in [6.45, 7) is 2.06. The maximum absolute atomic E-state index is 12.3. The highest BCUT2D eigenvalue weighted by molar-refractivity contribution is 5.76. The molecule has 0 unspecified atom stereocenters. The van der Waals surface area contributed by atoms with Gasteiger partial charge in [-0.25, -0.2) is 4.79 Å². The molecule has 2 aromatic carbocycles. The van der Waals surface area contributed by atoms with E-state index < -0.39 is 0 Å². The molecule has 0 fully saturated rings. The van der Waals surface area contributed by atoms with Gasteiger partial charge in [-0.05, 0) is 41.7 Å². The Balaban J connectivity index is 1.45. The first-order valence-electron chi connectivity index (χ1n) is 8.66. The molecular weight excluding hydrogens is 312 g/mol. The number of hydrogen-bond donors (Lipinski definition) is 1. The lowest BCUT2D eigenvalue weighted by Gasteiger charge is -2.27. The number of methoxy groups -OCH3 is 1. The first kappa shape index (κ1) is 17.1. The minimum Gasteiger partial charge on any atom is -0.497 e. The Morgan fingerprint density at radius 1 is 1.12 bits per heavy atom. The lowest BCUT2D eigenvalue weighted by Crippen LogP contribution is -2.42. The molecule has 0 spiro atoms. The molecule has 4 heteroatoms. The van der Waals surface area contributed by atoms with Crippen LogP contribution in [0.15, 0.2) is 60.7 Å². The lowest BCUT2D eigenvalue weighted by atomic mass is 10.00. The Hall–Kier alpha value is -2.75. The quantitative estimate of drug-likeness (QED) is 0.904. The number of nitrogens with one attached hydrogen (secondary N) is 1. The second-order valence-corrected chi connectivity index (χ2v) is 6.12. The van der Waals surface area contributed by atoms with Gasteiger partial charge in [0.25, 0.3) is 0 Å². The van der Waals surface area contributed by atoms with Crippen molar-refractivity contribution in [2.75, 3.05) is 26.7 Å². The molecule has 1 aliphatic rings. The largest absolute Gasteiger partial charge is 0.497 e. The van der Waals surface area contributed by atoms with Crippen LogP contribution in [0.5, 0.6) is 5.75 Å². The third-order valence-electron chi connectivity index (χ3n) is 4.49. The van der Waals surface area contributed by atoms with E-state index in [-0.39, 0.29) is 6.03 Å². The van der Waals surface area contributed by atoms with Crippen molar-refractivity contribution in [3.05, 3.63) is 71.8 Å². The minimum atomic E-state index is 0.0110. The van der Waals surface area contributed by atoms with E-state index >= 15 is 0 Å². The van der Waals surface area contributed by atoms with Crippen LogP contribution in [0.1, 0.15) is 17.5 Å². The molecule has 0 radical (unpaired) electrons. The molecule has 1 heterocycles. The molecule has 0 saturated carbocycles. The molecule has 2 aromatic rings. The van der Waals surface area contributed by atoms with Gasteiger partial charge < -0.3 is 15.0 Å². The van der Waals surface area contributed by atoms with Crippen LogP contribution < -0.4 is 10.1 Å². The summed E-state index contributed by atoms with van der Waals surface area (Å²) in [4.78, 5) is 14.2. The van der Waals surface area contributed by atoms with Gasteiger partial charge in [-0.3, -0.25) is 0 Å². The van der Waals surface area contributed by atoms with Crippen LogP contribution in [0, 0.1) is 0 Å². The Morgan fingerprint density at radius 3 is 2.52 bits per heavy atom. The van der Waals surface area contributed by atoms with E-state index in [0.29, 0.717) is 13.1 Å². The lowest BCUT2D eigenvalue weighted by molar-refractivity contribution is 0.203. The highest BCUT2D eigenvalue weighted by Crippen LogP contribution is 2.21. The van der Waals surface area contributed by atoms with E-state index in [1.807, 2.05) is 35.2 Å². The zero-order valence-electron chi connectivity index (χ0n) is 14.6. The van der Waals surface area contributed by atoms with Crippen LogP contribution in [0.4, 0.5) is 4.79 Å². The third-order valence-corrected chi connectivity index (χ3v) is 4.49. The summed E-state index contributed by atoms with van der Waals surface area (Å²) in [5.41, 5.74) is 3.76. The van der Waals surface area contributed by atoms with Crippen molar-refractivity contribution in [1.29, 1.82) is 0 Å². The van der Waals surface area contributed by atoms with Gasteiger partial charge in [-0.15, -0.1) is 0 Å². The SMILES string of the molecule is COc1ccc(CCNC(=O)N2CC=C(c3ccccc3)CC2)cc1. The molecule has 0 aliphatic carbocycles. The fourth-order valence-electron chi connectivity index (χ4n) is 2.99. The molecule has 0 saturated heterocycles. The monoisotopic (exact) mass is 336 g/mol. The van der Waals surface area contributed by atoms with Crippen LogP contribution in [0.25, 0.3) is 5.57 Å². The van der Waals surface area contributed by atoms with E-state index in [2.05, 4.69) is 35.7 Å². The molecule has 25 heavy (non-hydrogen) atoms. The first-order chi connectivity index (χ1) is 12.3. The van der Waals surface area contributed by atoms with E-state index in [0.717, 1.165) is 25.1 Å². The summed E-state index contributed by atoms with van der Waals surface area (Å²) in [5, 5.41) is 3.01. The average molecular weight is 336 g/mol. The van der Waals surface area contributed by atoms with Crippen LogP contribution in [-0.2, 0) is 6.42 Å². The summed E-state index contributed by atoms with van der Waals surface area (Å²) in [6, 6.07) is 18.3. The fourth-order valence-corrected chi connectivity index (χ4v) is 2.99. The smallest absolute Gasteiger partial charge is 0.317 e. The zero-order chi connectivity index (χ0) is 17.5. The van der Waals surface area contributed by atoms with Crippen LogP contribution in [0.2, 0.25) is 0 Å². The number of nitrogens with zero attached hydrogens (tertiary/aromatic N) is 1. The third kappa shape index (κ3) is 4.63. The zero-order valence-corrected chi connectivity index (χ0v) is 14.6. The molecule has 1 N–H and O–H groups in total. The van der Waals surface area contributed by atoms with Crippen molar-refractivity contribution < 1.29 is 9.53 Å². The van der Waals surface area contributed by atoms with Crippen molar-refractivity contribution in [1.82, 2.24) is 10.2 Å². The summed E-state index contributed by atoms with van der Waals surface area (Å²) < 4.78 is 5.15. The van der Waals surface area contributed by atoms with Crippen molar-refractivity contribution in [3.8, 4) is 5.75 Å². The predicted molar refractivity (Wildman–Crippen MR) is 101 cm³/mol. The molecule has 0 atom stereocenters. The molecule has 130 valence electrons. The molecule has 0 bridgehead atoms. The van der Waals surface area contributed by atoms with Gasteiger partial charge in [0.15, 0.2) is 0 Å². The summed E-state index contributed by atoms with van der Waals surface area (Å²) in [5.74, 6) is 0.849. The molecule has 0 aromatic heterocycles. The van der Waals surface area contributed by atoms with Gasteiger partial charge >= 0.3 is 6.03 Å². The summed E-state index contributed by atoms with van der Waals surface area (Å²) >= 11 is 0. The van der Waals surface area contributed by atoms with E-state index in [1.165, 1.54) is 16.7 Å². The number of urea groups is 1. The first-order valence-corrected chi connectivity index (χ1v) is 8.66. The fraction of sp³-hybridized carbons (Fsp3) is 0.286. The minimum absolute atomic E-state index is 0.0110. The van der Waals surface area contributed by atoms with Crippen LogP contribution >= 0.6 is 0 Å². The van der Waals surface area contributed by atoms with Gasteiger partial charge in [0.05, 0.1) is 7.11 Å². The van der Waals surface area contributed by atoms with Crippen molar-refractivity contribution in [3.63, 3.8) is 0 Å². The Bertz CT molecular complexity index is 723. The number of ether oxygens (including phenoxy) is 1. The number of rotatable bonds is 5. The maximum atomic E-state index is 12.3.